The maximum atomic E-state index is 11.5. The second kappa shape index (κ2) is 5.70. The highest BCUT2D eigenvalue weighted by atomic mass is 32.2. The van der Waals surface area contributed by atoms with Gasteiger partial charge in [-0.15, -0.1) is 0 Å². The normalized spacial score (nSPS) is 37.8. The molecule has 1 aliphatic heterocycles. The topological polar surface area (TPSA) is 46.2 Å². The van der Waals surface area contributed by atoms with Gasteiger partial charge in [0.1, 0.15) is 0 Å². The summed E-state index contributed by atoms with van der Waals surface area (Å²) in [6, 6.07) is 0.214. The Kier molecular flexibility index (Phi) is 4.47. The summed E-state index contributed by atoms with van der Waals surface area (Å²) in [6.45, 7) is 3.35. The highest BCUT2D eigenvalue weighted by molar-refractivity contribution is 7.91. The fourth-order valence-electron chi connectivity index (χ4n) is 3.26. The fraction of sp³-hybridized carbons (Fsp3) is 1.00. The highest BCUT2D eigenvalue weighted by Gasteiger charge is 2.25. The first-order valence-corrected chi connectivity index (χ1v) is 8.81. The van der Waals surface area contributed by atoms with E-state index in [1.807, 2.05) is 0 Å². The average molecular weight is 259 g/mol. The number of rotatable bonds is 3. The SMILES string of the molecule is CC1CCCC(CNC2CCCS(=O)(=O)C2)C1. The third kappa shape index (κ3) is 4.25. The van der Waals surface area contributed by atoms with E-state index < -0.39 is 9.84 Å². The van der Waals surface area contributed by atoms with Gasteiger partial charge in [-0.3, -0.25) is 0 Å². The van der Waals surface area contributed by atoms with E-state index in [-0.39, 0.29) is 6.04 Å². The van der Waals surface area contributed by atoms with Crippen molar-refractivity contribution in [2.45, 2.75) is 51.5 Å². The number of hydrogen-bond acceptors (Lipinski definition) is 3. The van der Waals surface area contributed by atoms with Crippen LogP contribution in [0.5, 0.6) is 0 Å². The van der Waals surface area contributed by atoms with Crippen LogP contribution in [0.1, 0.15) is 45.4 Å². The lowest BCUT2D eigenvalue weighted by atomic mass is 9.82. The van der Waals surface area contributed by atoms with Gasteiger partial charge in [-0.1, -0.05) is 19.8 Å². The minimum absolute atomic E-state index is 0.214. The van der Waals surface area contributed by atoms with Crippen LogP contribution in [-0.4, -0.2) is 32.5 Å². The van der Waals surface area contributed by atoms with Crippen molar-refractivity contribution in [2.24, 2.45) is 11.8 Å². The minimum Gasteiger partial charge on any atom is -0.313 e. The van der Waals surface area contributed by atoms with Gasteiger partial charge in [0.2, 0.25) is 0 Å². The largest absolute Gasteiger partial charge is 0.313 e. The van der Waals surface area contributed by atoms with E-state index in [1.54, 1.807) is 0 Å². The second-order valence-corrected chi connectivity index (χ2v) is 8.23. The van der Waals surface area contributed by atoms with Crippen LogP contribution in [0.3, 0.4) is 0 Å². The van der Waals surface area contributed by atoms with Crippen molar-refractivity contribution < 1.29 is 8.42 Å². The van der Waals surface area contributed by atoms with Gasteiger partial charge in [-0.2, -0.15) is 0 Å². The molecule has 0 spiro atoms. The summed E-state index contributed by atoms with van der Waals surface area (Å²) in [4.78, 5) is 0. The molecule has 100 valence electrons. The number of sulfone groups is 1. The lowest BCUT2D eigenvalue weighted by Crippen LogP contribution is -2.42. The molecular formula is C13H25NO2S. The Bertz CT molecular complexity index is 339. The van der Waals surface area contributed by atoms with Crippen molar-refractivity contribution in [3.8, 4) is 0 Å². The molecule has 17 heavy (non-hydrogen) atoms. The number of nitrogens with one attached hydrogen (secondary N) is 1. The van der Waals surface area contributed by atoms with Crippen molar-refractivity contribution in [2.75, 3.05) is 18.1 Å². The molecular weight excluding hydrogens is 234 g/mol. The number of hydrogen-bond donors (Lipinski definition) is 1. The molecule has 3 unspecified atom stereocenters. The van der Waals surface area contributed by atoms with Crippen LogP contribution >= 0.6 is 0 Å². The summed E-state index contributed by atoms with van der Waals surface area (Å²) in [5, 5.41) is 3.49. The van der Waals surface area contributed by atoms with E-state index in [4.69, 9.17) is 0 Å². The maximum Gasteiger partial charge on any atom is 0.151 e. The van der Waals surface area contributed by atoms with Gasteiger partial charge in [0, 0.05) is 6.04 Å². The molecule has 4 heteroatoms. The standard InChI is InChI=1S/C13H25NO2S/c1-11-4-2-5-12(8-11)9-14-13-6-3-7-17(15,16)10-13/h11-14H,2-10H2,1H3. The fourth-order valence-corrected chi connectivity index (χ4v) is 4.93. The summed E-state index contributed by atoms with van der Waals surface area (Å²) < 4.78 is 23.0. The van der Waals surface area contributed by atoms with Crippen LogP contribution in [0, 0.1) is 11.8 Å². The molecule has 2 fully saturated rings. The van der Waals surface area contributed by atoms with E-state index in [1.165, 1.54) is 25.7 Å². The first kappa shape index (κ1) is 13.3. The zero-order valence-electron chi connectivity index (χ0n) is 10.8. The molecule has 2 aliphatic rings. The summed E-state index contributed by atoms with van der Waals surface area (Å²) in [5.41, 5.74) is 0. The smallest absolute Gasteiger partial charge is 0.151 e. The first-order valence-electron chi connectivity index (χ1n) is 6.99. The molecule has 0 bridgehead atoms. The lowest BCUT2D eigenvalue weighted by molar-refractivity contribution is 0.266. The predicted octanol–water partition coefficient (Wildman–Crippen LogP) is 1.98. The van der Waals surface area contributed by atoms with Gasteiger partial charge in [0.15, 0.2) is 9.84 Å². The van der Waals surface area contributed by atoms with Crippen LogP contribution in [0.2, 0.25) is 0 Å². The van der Waals surface area contributed by atoms with Gasteiger partial charge in [-0.05, 0) is 44.1 Å². The molecule has 1 saturated heterocycles. The summed E-state index contributed by atoms with van der Waals surface area (Å²) >= 11 is 0. The second-order valence-electron chi connectivity index (χ2n) is 6.00. The van der Waals surface area contributed by atoms with Crippen LogP contribution < -0.4 is 5.32 Å². The zero-order valence-corrected chi connectivity index (χ0v) is 11.6. The van der Waals surface area contributed by atoms with Crippen LogP contribution in [-0.2, 0) is 9.84 Å². The molecule has 1 saturated carbocycles. The molecule has 3 nitrogen and oxygen atoms in total. The van der Waals surface area contributed by atoms with Gasteiger partial charge in [0.05, 0.1) is 11.5 Å². The summed E-state index contributed by atoms with van der Waals surface area (Å²) in [5.74, 6) is 2.37. The molecule has 1 N–H and O–H groups in total. The Morgan fingerprint density at radius 1 is 1.18 bits per heavy atom. The molecule has 0 radical (unpaired) electrons. The van der Waals surface area contributed by atoms with Crippen molar-refractivity contribution in [3.05, 3.63) is 0 Å². The van der Waals surface area contributed by atoms with Crippen molar-refractivity contribution >= 4 is 9.84 Å². The average Bonchev–Trinajstić information content (AvgIpc) is 2.25. The molecule has 0 aromatic heterocycles. The lowest BCUT2D eigenvalue weighted by Gasteiger charge is -2.30. The Balaban J connectivity index is 1.74. The Hall–Kier alpha value is -0.0900. The van der Waals surface area contributed by atoms with E-state index in [9.17, 15) is 8.42 Å². The minimum atomic E-state index is -2.76. The van der Waals surface area contributed by atoms with Crippen LogP contribution in [0.4, 0.5) is 0 Å². The highest BCUT2D eigenvalue weighted by Crippen LogP contribution is 2.28. The van der Waals surface area contributed by atoms with Crippen LogP contribution in [0.25, 0.3) is 0 Å². The Morgan fingerprint density at radius 3 is 2.71 bits per heavy atom. The quantitative estimate of drug-likeness (QED) is 0.843. The van der Waals surface area contributed by atoms with E-state index in [2.05, 4.69) is 12.2 Å². The molecule has 2 rings (SSSR count). The zero-order chi connectivity index (χ0) is 12.3. The monoisotopic (exact) mass is 259 g/mol. The van der Waals surface area contributed by atoms with Gasteiger partial charge < -0.3 is 5.32 Å². The summed E-state index contributed by atoms with van der Waals surface area (Å²) in [7, 11) is -2.76. The van der Waals surface area contributed by atoms with Crippen molar-refractivity contribution in [1.82, 2.24) is 5.32 Å². The van der Waals surface area contributed by atoms with E-state index in [0.717, 1.165) is 31.2 Å². The molecule has 0 aromatic carbocycles. The molecule has 0 aromatic rings. The summed E-state index contributed by atoms with van der Waals surface area (Å²) in [6.07, 6.45) is 7.20. The third-order valence-electron chi connectivity index (χ3n) is 4.20. The Labute approximate surface area is 105 Å². The van der Waals surface area contributed by atoms with Crippen molar-refractivity contribution in [3.63, 3.8) is 0 Å². The Morgan fingerprint density at radius 2 is 2.00 bits per heavy atom. The van der Waals surface area contributed by atoms with Gasteiger partial charge >= 0.3 is 0 Å². The molecule has 3 atom stereocenters. The molecule has 1 aliphatic carbocycles. The first-order chi connectivity index (χ1) is 8.05. The van der Waals surface area contributed by atoms with Crippen molar-refractivity contribution in [1.29, 1.82) is 0 Å². The molecule has 0 amide bonds. The van der Waals surface area contributed by atoms with Gasteiger partial charge in [0.25, 0.3) is 0 Å². The maximum absolute atomic E-state index is 11.5. The van der Waals surface area contributed by atoms with Gasteiger partial charge in [-0.25, -0.2) is 8.42 Å². The van der Waals surface area contributed by atoms with E-state index in [0.29, 0.717) is 11.5 Å². The third-order valence-corrected chi connectivity index (χ3v) is 6.02. The van der Waals surface area contributed by atoms with E-state index >= 15 is 0 Å². The van der Waals surface area contributed by atoms with Crippen LogP contribution in [0.15, 0.2) is 0 Å². The predicted molar refractivity (Wildman–Crippen MR) is 70.8 cm³/mol. The molecule has 1 heterocycles.